The Hall–Kier alpha value is -0.980. The van der Waals surface area contributed by atoms with Gasteiger partial charge < -0.3 is 4.90 Å². The van der Waals surface area contributed by atoms with Crippen LogP contribution in [-0.2, 0) is 4.79 Å². The molecule has 0 aromatic heterocycles. The van der Waals surface area contributed by atoms with Crippen LogP contribution >= 0.6 is 35.7 Å². The Morgan fingerprint density at radius 2 is 1.92 bits per heavy atom. The third-order valence-corrected chi connectivity index (χ3v) is 7.58. The van der Waals surface area contributed by atoms with Gasteiger partial charge in [-0.3, -0.25) is 9.69 Å². The van der Waals surface area contributed by atoms with Crippen LogP contribution in [0, 0.1) is 0 Å². The number of hydrogen-bond acceptors (Lipinski definition) is 5. The Labute approximate surface area is 156 Å². The molecule has 4 rings (SSSR count). The van der Waals surface area contributed by atoms with Crippen LogP contribution in [0.25, 0.3) is 0 Å². The maximum Gasteiger partial charge on any atom is 0.268 e. The van der Waals surface area contributed by atoms with Crippen LogP contribution < -0.4 is 4.90 Å². The summed E-state index contributed by atoms with van der Waals surface area (Å²) in [6.45, 7) is 2.62. The Morgan fingerprint density at radius 1 is 1.17 bits per heavy atom. The molecule has 3 nitrogen and oxygen atoms in total. The lowest BCUT2D eigenvalue weighted by molar-refractivity contribution is -0.122. The first kappa shape index (κ1) is 16.5. The Balaban J connectivity index is 1.78. The van der Waals surface area contributed by atoms with E-state index in [1.807, 2.05) is 6.92 Å². The van der Waals surface area contributed by atoms with Crippen LogP contribution in [0.2, 0.25) is 0 Å². The van der Waals surface area contributed by atoms with E-state index in [1.165, 1.54) is 54.4 Å². The standard InChI is InChI=1S/C18H20N2OS3/c1-2-19-16(21)15(24-18(19)22)17-20(12-8-4-3-5-9-12)13-10-6-7-11-14(13)23-17/h6-7,10-12H,2-5,8-9H2,1H3. The van der Waals surface area contributed by atoms with Gasteiger partial charge in [-0.1, -0.05) is 67.1 Å². The molecule has 0 atom stereocenters. The van der Waals surface area contributed by atoms with E-state index >= 15 is 0 Å². The van der Waals surface area contributed by atoms with Gasteiger partial charge in [-0.05, 0) is 31.9 Å². The second-order valence-electron chi connectivity index (χ2n) is 6.28. The number of amides is 1. The molecular weight excluding hydrogens is 356 g/mol. The summed E-state index contributed by atoms with van der Waals surface area (Å²) in [5.74, 6) is 0.0728. The minimum Gasteiger partial charge on any atom is -0.331 e. The number of carbonyl (C=O) groups is 1. The van der Waals surface area contributed by atoms with Crippen LogP contribution in [0.3, 0.4) is 0 Å². The number of nitrogens with zero attached hydrogens (tertiary/aromatic N) is 2. The molecule has 1 saturated carbocycles. The normalized spacial score (nSPS) is 24.9. The minimum atomic E-state index is 0.0728. The second-order valence-corrected chi connectivity index (χ2v) is 8.96. The quantitative estimate of drug-likeness (QED) is 0.535. The van der Waals surface area contributed by atoms with Crippen molar-refractivity contribution in [1.82, 2.24) is 4.90 Å². The highest BCUT2D eigenvalue weighted by Crippen LogP contribution is 2.52. The van der Waals surface area contributed by atoms with Gasteiger partial charge in [0.05, 0.1) is 5.69 Å². The molecule has 0 N–H and O–H groups in total. The van der Waals surface area contributed by atoms with Gasteiger partial charge in [0.25, 0.3) is 5.91 Å². The van der Waals surface area contributed by atoms with Crippen molar-refractivity contribution in [1.29, 1.82) is 0 Å². The summed E-state index contributed by atoms with van der Waals surface area (Å²) in [6, 6.07) is 9.00. The van der Waals surface area contributed by atoms with Crippen molar-refractivity contribution >= 4 is 51.7 Å². The zero-order valence-electron chi connectivity index (χ0n) is 13.7. The molecule has 0 spiro atoms. The summed E-state index contributed by atoms with van der Waals surface area (Å²) in [7, 11) is 0. The SMILES string of the molecule is CCN1C(=O)C(=C2Sc3ccccc3N2C2CCCCC2)SC1=S. The monoisotopic (exact) mass is 376 g/mol. The van der Waals surface area contributed by atoms with Gasteiger partial charge in [0.15, 0.2) is 0 Å². The predicted octanol–water partition coefficient (Wildman–Crippen LogP) is 4.98. The molecule has 3 aliphatic rings. The molecule has 1 saturated heterocycles. The molecule has 24 heavy (non-hydrogen) atoms. The molecule has 126 valence electrons. The fourth-order valence-corrected chi connectivity index (χ4v) is 6.41. The summed E-state index contributed by atoms with van der Waals surface area (Å²) in [4.78, 5) is 19.0. The summed E-state index contributed by atoms with van der Waals surface area (Å²) in [5.41, 5.74) is 1.26. The average Bonchev–Trinajstić information content (AvgIpc) is 3.12. The molecule has 0 unspecified atom stereocenters. The van der Waals surface area contributed by atoms with E-state index in [-0.39, 0.29) is 5.91 Å². The van der Waals surface area contributed by atoms with Crippen LogP contribution in [0.5, 0.6) is 0 Å². The van der Waals surface area contributed by atoms with Crippen molar-refractivity contribution in [3.05, 3.63) is 34.2 Å². The first-order valence-corrected chi connectivity index (χ1v) is 10.6. The lowest BCUT2D eigenvalue weighted by atomic mass is 9.94. The number of anilines is 1. The topological polar surface area (TPSA) is 23.6 Å². The van der Waals surface area contributed by atoms with Crippen LogP contribution in [0.1, 0.15) is 39.0 Å². The third-order valence-electron chi connectivity index (χ3n) is 4.85. The van der Waals surface area contributed by atoms with Gasteiger partial charge in [-0.15, -0.1) is 0 Å². The van der Waals surface area contributed by atoms with Crippen LogP contribution in [0.15, 0.2) is 39.1 Å². The number of carbonyl (C=O) groups excluding carboxylic acids is 1. The van der Waals surface area contributed by atoms with Crippen LogP contribution in [-0.4, -0.2) is 27.7 Å². The number of thioether (sulfide) groups is 2. The highest BCUT2D eigenvalue weighted by Gasteiger charge is 2.40. The first-order valence-electron chi connectivity index (χ1n) is 8.54. The molecule has 2 aliphatic heterocycles. The minimum absolute atomic E-state index is 0.0728. The number of para-hydroxylation sites is 1. The fraction of sp³-hybridized carbons (Fsp3) is 0.444. The van der Waals surface area contributed by atoms with Crippen molar-refractivity contribution < 1.29 is 4.79 Å². The molecule has 2 fully saturated rings. The van der Waals surface area contributed by atoms with E-state index < -0.39 is 0 Å². The summed E-state index contributed by atoms with van der Waals surface area (Å²) >= 11 is 8.61. The number of thiocarbonyl (C=S) groups is 1. The van der Waals surface area contributed by atoms with Gasteiger partial charge in [0.2, 0.25) is 0 Å². The van der Waals surface area contributed by atoms with Gasteiger partial charge in [0.1, 0.15) is 14.3 Å². The second kappa shape index (κ2) is 6.73. The van der Waals surface area contributed by atoms with Gasteiger partial charge >= 0.3 is 0 Å². The zero-order chi connectivity index (χ0) is 16.7. The van der Waals surface area contributed by atoms with E-state index in [2.05, 4.69) is 29.2 Å². The van der Waals surface area contributed by atoms with Gasteiger partial charge in [0, 0.05) is 17.5 Å². The molecule has 1 aromatic carbocycles. The largest absolute Gasteiger partial charge is 0.331 e. The molecular formula is C18H20N2OS3. The molecule has 0 radical (unpaired) electrons. The van der Waals surface area contributed by atoms with Gasteiger partial charge in [-0.25, -0.2) is 0 Å². The number of hydrogen-bond donors (Lipinski definition) is 0. The molecule has 6 heteroatoms. The summed E-state index contributed by atoms with van der Waals surface area (Å²) in [5, 5.41) is 1.09. The Kier molecular flexibility index (Phi) is 4.62. The number of likely N-dealkylation sites (N-methyl/N-ethyl adjacent to an activating group) is 1. The van der Waals surface area contributed by atoms with Crippen molar-refractivity contribution in [2.24, 2.45) is 0 Å². The van der Waals surface area contributed by atoms with E-state index in [1.54, 1.807) is 16.7 Å². The smallest absolute Gasteiger partial charge is 0.268 e. The number of fused-ring (bicyclic) bond motifs is 1. The lowest BCUT2D eigenvalue weighted by Gasteiger charge is -2.34. The highest BCUT2D eigenvalue weighted by atomic mass is 32.2. The average molecular weight is 377 g/mol. The van der Waals surface area contributed by atoms with Crippen molar-refractivity contribution in [2.75, 3.05) is 11.4 Å². The fourth-order valence-electron chi connectivity index (χ4n) is 3.66. The summed E-state index contributed by atoms with van der Waals surface area (Å²) < 4.78 is 0.685. The van der Waals surface area contributed by atoms with Crippen molar-refractivity contribution in [3.63, 3.8) is 0 Å². The summed E-state index contributed by atoms with van der Waals surface area (Å²) in [6.07, 6.45) is 6.28. The molecule has 1 aromatic rings. The predicted molar refractivity (Wildman–Crippen MR) is 106 cm³/mol. The maximum atomic E-state index is 12.8. The zero-order valence-corrected chi connectivity index (χ0v) is 16.1. The Bertz CT molecular complexity index is 725. The molecule has 1 amide bonds. The lowest BCUT2D eigenvalue weighted by Crippen LogP contribution is -2.35. The molecule has 0 bridgehead atoms. The Morgan fingerprint density at radius 3 is 2.62 bits per heavy atom. The van der Waals surface area contributed by atoms with E-state index in [9.17, 15) is 4.79 Å². The molecule has 2 heterocycles. The van der Waals surface area contributed by atoms with E-state index in [0.29, 0.717) is 16.9 Å². The van der Waals surface area contributed by atoms with Gasteiger partial charge in [-0.2, -0.15) is 0 Å². The van der Waals surface area contributed by atoms with Crippen molar-refractivity contribution in [3.8, 4) is 0 Å². The van der Waals surface area contributed by atoms with Crippen molar-refractivity contribution in [2.45, 2.75) is 50.0 Å². The number of rotatable bonds is 2. The highest BCUT2D eigenvalue weighted by molar-refractivity contribution is 8.27. The third kappa shape index (κ3) is 2.68. The molecule has 1 aliphatic carbocycles. The maximum absolute atomic E-state index is 12.8. The first-order chi connectivity index (χ1) is 11.7. The van der Waals surface area contributed by atoms with E-state index in [4.69, 9.17) is 12.2 Å². The van der Waals surface area contributed by atoms with E-state index in [0.717, 1.165) is 9.93 Å². The number of benzene rings is 1. The van der Waals surface area contributed by atoms with Crippen LogP contribution in [0.4, 0.5) is 5.69 Å².